The molecule has 0 aromatic carbocycles. The zero-order chi connectivity index (χ0) is 13.2. The molecule has 0 radical (unpaired) electrons. The summed E-state index contributed by atoms with van der Waals surface area (Å²) < 4.78 is 4.55. The van der Waals surface area contributed by atoms with Crippen molar-refractivity contribution in [1.29, 1.82) is 0 Å². The molecule has 112 valence electrons. The normalized spacial score (nSPS) is 17.6. The van der Waals surface area contributed by atoms with Gasteiger partial charge in [-0.25, -0.2) is 0 Å². The van der Waals surface area contributed by atoms with Crippen LogP contribution >= 0.6 is 12.4 Å². The number of amides is 1. The molecule has 1 amide bonds. The number of carbonyl (C=O) groups excluding carboxylic acids is 2. The molecule has 1 saturated heterocycles. The van der Waals surface area contributed by atoms with E-state index >= 15 is 0 Å². The van der Waals surface area contributed by atoms with Gasteiger partial charge in [0.1, 0.15) is 0 Å². The summed E-state index contributed by atoms with van der Waals surface area (Å²) in [4.78, 5) is 22.4. The smallest absolute Gasteiger partial charge is 0.305 e. The fourth-order valence-electron chi connectivity index (χ4n) is 2.13. The van der Waals surface area contributed by atoms with Crippen molar-refractivity contribution in [2.45, 2.75) is 51.0 Å². The fraction of sp³-hybridized carbons (Fsp3) is 0.846. The molecule has 1 heterocycles. The van der Waals surface area contributed by atoms with Crippen LogP contribution in [0, 0.1) is 0 Å². The fourth-order valence-corrected chi connectivity index (χ4v) is 2.13. The van der Waals surface area contributed by atoms with E-state index in [1.54, 1.807) is 0 Å². The Labute approximate surface area is 121 Å². The molecule has 19 heavy (non-hydrogen) atoms. The van der Waals surface area contributed by atoms with Gasteiger partial charge in [-0.15, -0.1) is 12.4 Å². The highest BCUT2D eigenvalue weighted by molar-refractivity contribution is 5.85. The van der Waals surface area contributed by atoms with Crippen molar-refractivity contribution in [3.05, 3.63) is 0 Å². The molecule has 1 rings (SSSR count). The van der Waals surface area contributed by atoms with E-state index in [1.165, 1.54) is 13.5 Å². The van der Waals surface area contributed by atoms with Crippen LogP contribution < -0.4 is 10.6 Å². The summed E-state index contributed by atoms with van der Waals surface area (Å²) in [5, 5.41) is 6.22. The van der Waals surface area contributed by atoms with Gasteiger partial charge in [0.25, 0.3) is 0 Å². The maximum absolute atomic E-state index is 11.6. The standard InChI is InChI=1S/C13H24N2O3.ClH/c1-18-13(17)7-3-2-4-8-15-12(16)10-11-6-5-9-14-11;/h11,14H,2-10H2,1H3,(H,15,16);1H. The number of carbonyl (C=O) groups is 2. The quantitative estimate of drug-likeness (QED) is 0.524. The number of hydrogen-bond donors (Lipinski definition) is 2. The van der Waals surface area contributed by atoms with Crippen LogP contribution in [0.25, 0.3) is 0 Å². The highest BCUT2D eigenvalue weighted by Crippen LogP contribution is 2.08. The van der Waals surface area contributed by atoms with E-state index in [0.29, 0.717) is 25.4 Å². The molecular weight excluding hydrogens is 268 g/mol. The van der Waals surface area contributed by atoms with Gasteiger partial charge >= 0.3 is 5.97 Å². The molecule has 0 aromatic rings. The third kappa shape index (κ3) is 8.83. The molecule has 1 unspecified atom stereocenters. The second-order valence-electron chi connectivity index (χ2n) is 4.73. The van der Waals surface area contributed by atoms with Gasteiger partial charge in [-0.1, -0.05) is 6.42 Å². The van der Waals surface area contributed by atoms with Crippen LogP contribution in [-0.2, 0) is 14.3 Å². The van der Waals surface area contributed by atoms with E-state index in [-0.39, 0.29) is 24.3 Å². The minimum Gasteiger partial charge on any atom is -0.469 e. The molecule has 0 saturated carbocycles. The molecule has 0 aliphatic carbocycles. The summed E-state index contributed by atoms with van der Waals surface area (Å²) in [7, 11) is 1.40. The van der Waals surface area contributed by atoms with E-state index in [9.17, 15) is 9.59 Å². The van der Waals surface area contributed by atoms with Crippen molar-refractivity contribution in [3.63, 3.8) is 0 Å². The van der Waals surface area contributed by atoms with E-state index in [4.69, 9.17) is 0 Å². The SMILES string of the molecule is COC(=O)CCCCCNC(=O)CC1CCCN1.Cl. The Morgan fingerprint density at radius 2 is 2.11 bits per heavy atom. The lowest BCUT2D eigenvalue weighted by Crippen LogP contribution is -2.32. The van der Waals surface area contributed by atoms with E-state index in [2.05, 4.69) is 15.4 Å². The van der Waals surface area contributed by atoms with Gasteiger partial charge in [-0.3, -0.25) is 9.59 Å². The van der Waals surface area contributed by atoms with Crippen LogP contribution in [0.15, 0.2) is 0 Å². The largest absolute Gasteiger partial charge is 0.469 e. The number of rotatable bonds is 8. The van der Waals surface area contributed by atoms with Gasteiger partial charge < -0.3 is 15.4 Å². The van der Waals surface area contributed by atoms with Crippen molar-refractivity contribution < 1.29 is 14.3 Å². The molecule has 0 spiro atoms. The van der Waals surface area contributed by atoms with Crippen LogP contribution in [0.1, 0.15) is 44.9 Å². The van der Waals surface area contributed by atoms with Crippen molar-refractivity contribution in [2.75, 3.05) is 20.2 Å². The van der Waals surface area contributed by atoms with Gasteiger partial charge in [0.15, 0.2) is 0 Å². The number of unbranched alkanes of at least 4 members (excludes halogenated alkanes) is 2. The number of methoxy groups -OCH3 is 1. The molecule has 0 aromatic heterocycles. The summed E-state index contributed by atoms with van der Waals surface area (Å²) in [5.41, 5.74) is 0. The average Bonchev–Trinajstić information content (AvgIpc) is 2.85. The van der Waals surface area contributed by atoms with Crippen molar-refractivity contribution in [3.8, 4) is 0 Å². The second kappa shape index (κ2) is 11.1. The van der Waals surface area contributed by atoms with Crippen molar-refractivity contribution >= 4 is 24.3 Å². The first-order valence-corrected chi connectivity index (χ1v) is 6.79. The predicted molar refractivity (Wildman–Crippen MR) is 76.4 cm³/mol. The summed E-state index contributed by atoms with van der Waals surface area (Å²) >= 11 is 0. The molecule has 1 atom stereocenters. The molecule has 1 aliphatic rings. The molecule has 0 bridgehead atoms. The Morgan fingerprint density at radius 3 is 2.74 bits per heavy atom. The number of halogens is 1. The zero-order valence-corrected chi connectivity index (χ0v) is 12.4. The van der Waals surface area contributed by atoms with Crippen molar-refractivity contribution in [2.24, 2.45) is 0 Å². The lowest BCUT2D eigenvalue weighted by atomic mass is 10.1. The molecule has 2 N–H and O–H groups in total. The molecule has 1 fully saturated rings. The topological polar surface area (TPSA) is 67.4 Å². The lowest BCUT2D eigenvalue weighted by Gasteiger charge is -2.10. The van der Waals surface area contributed by atoms with Crippen molar-refractivity contribution in [1.82, 2.24) is 10.6 Å². The van der Waals surface area contributed by atoms with E-state index in [1.807, 2.05) is 0 Å². The average molecular weight is 293 g/mol. The Bertz CT molecular complexity index is 269. The second-order valence-corrected chi connectivity index (χ2v) is 4.73. The Morgan fingerprint density at radius 1 is 1.32 bits per heavy atom. The first-order chi connectivity index (χ1) is 8.72. The first kappa shape index (κ1) is 18.2. The van der Waals surface area contributed by atoms with Crippen LogP contribution in [0.5, 0.6) is 0 Å². The third-order valence-corrected chi connectivity index (χ3v) is 3.20. The Kier molecular flexibility index (Phi) is 10.6. The van der Waals surface area contributed by atoms with Crippen LogP contribution in [0.2, 0.25) is 0 Å². The number of nitrogens with one attached hydrogen (secondary N) is 2. The maximum atomic E-state index is 11.6. The Hall–Kier alpha value is -0.810. The van der Waals surface area contributed by atoms with Gasteiger partial charge in [0, 0.05) is 25.4 Å². The molecule has 1 aliphatic heterocycles. The molecule has 5 nitrogen and oxygen atoms in total. The predicted octanol–water partition coefficient (Wildman–Crippen LogP) is 1.40. The van der Waals surface area contributed by atoms with Gasteiger partial charge in [-0.05, 0) is 32.2 Å². The minimum absolute atomic E-state index is 0. The number of ether oxygens (including phenoxy) is 1. The number of esters is 1. The Balaban J connectivity index is 0.00000324. The summed E-state index contributed by atoms with van der Waals surface area (Å²) in [6, 6.07) is 0.365. The van der Waals surface area contributed by atoms with Crippen LogP contribution in [-0.4, -0.2) is 38.1 Å². The van der Waals surface area contributed by atoms with Crippen LogP contribution in [0.4, 0.5) is 0 Å². The monoisotopic (exact) mass is 292 g/mol. The van der Waals surface area contributed by atoms with Gasteiger partial charge in [0.2, 0.25) is 5.91 Å². The third-order valence-electron chi connectivity index (χ3n) is 3.20. The van der Waals surface area contributed by atoms with E-state index in [0.717, 1.165) is 32.2 Å². The minimum atomic E-state index is -0.161. The highest BCUT2D eigenvalue weighted by Gasteiger charge is 2.16. The molecular formula is C13H25ClN2O3. The lowest BCUT2D eigenvalue weighted by molar-refractivity contribution is -0.140. The van der Waals surface area contributed by atoms with Gasteiger partial charge in [0.05, 0.1) is 7.11 Å². The zero-order valence-electron chi connectivity index (χ0n) is 11.6. The maximum Gasteiger partial charge on any atom is 0.305 e. The highest BCUT2D eigenvalue weighted by atomic mass is 35.5. The number of hydrogen-bond acceptors (Lipinski definition) is 4. The summed E-state index contributed by atoms with van der Waals surface area (Å²) in [6.45, 7) is 1.73. The van der Waals surface area contributed by atoms with Gasteiger partial charge in [-0.2, -0.15) is 0 Å². The first-order valence-electron chi connectivity index (χ1n) is 6.79. The summed E-state index contributed by atoms with van der Waals surface area (Å²) in [6.07, 6.45) is 6.02. The van der Waals surface area contributed by atoms with Crippen LogP contribution in [0.3, 0.4) is 0 Å². The molecule has 6 heteroatoms. The summed E-state index contributed by atoms with van der Waals surface area (Å²) in [5.74, 6) is -0.0336. The van der Waals surface area contributed by atoms with E-state index < -0.39 is 0 Å².